The van der Waals surface area contributed by atoms with E-state index in [0.717, 1.165) is 11.1 Å². The van der Waals surface area contributed by atoms with Crippen LogP contribution in [0.5, 0.6) is 5.75 Å². The zero-order chi connectivity index (χ0) is 19.1. The van der Waals surface area contributed by atoms with Crippen molar-refractivity contribution >= 4 is 0 Å². The minimum absolute atomic E-state index is 0.177. The lowest BCUT2D eigenvalue weighted by Crippen LogP contribution is -2.27. The highest BCUT2D eigenvalue weighted by atomic mass is 16.6. The van der Waals surface area contributed by atoms with Crippen LogP contribution in [0.15, 0.2) is 48.5 Å². The summed E-state index contributed by atoms with van der Waals surface area (Å²) in [4.78, 5) is 11.5. The first-order valence-electron chi connectivity index (χ1n) is 8.87. The molecule has 0 spiro atoms. The third-order valence-electron chi connectivity index (χ3n) is 4.60. The second-order valence-corrected chi connectivity index (χ2v) is 6.62. The molecule has 0 aliphatic carbocycles. The van der Waals surface area contributed by atoms with E-state index in [1.807, 2.05) is 43.3 Å². The Morgan fingerprint density at radius 3 is 1.96 bits per heavy atom. The van der Waals surface area contributed by atoms with Crippen LogP contribution in [0, 0.1) is 22.5 Å². The van der Waals surface area contributed by atoms with Crippen molar-refractivity contribution in [3.63, 3.8) is 0 Å². The molecule has 26 heavy (non-hydrogen) atoms. The van der Waals surface area contributed by atoms with Crippen molar-refractivity contribution < 1.29 is 9.66 Å². The summed E-state index contributed by atoms with van der Waals surface area (Å²) >= 11 is 0. The normalized spacial score (nSPS) is 13.0. The number of ether oxygens (including phenoxy) is 1. The van der Waals surface area contributed by atoms with Crippen LogP contribution in [0.2, 0.25) is 0 Å². The van der Waals surface area contributed by atoms with E-state index in [-0.39, 0.29) is 17.4 Å². The standard InChI is InChI=1S/C22H25NO3/c1-5-15-26-20-13-11-19(12-14-20)22(21(6-2)23(24)25)18-9-7-17(8-10-18)16(3)4/h1,7-14,16,21-22H,6,15H2,2-4H3. The molecule has 0 radical (unpaired) electrons. The minimum atomic E-state index is -0.683. The lowest BCUT2D eigenvalue weighted by atomic mass is 9.83. The first-order valence-corrected chi connectivity index (χ1v) is 8.87. The van der Waals surface area contributed by atoms with Crippen LogP contribution < -0.4 is 4.74 Å². The van der Waals surface area contributed by atoms with Crippen molar-refractivity contribution in [1.82, 2.24) is 0 Å². The molecule has 0 saturated carbocycles. The lowest BCUT2D eigenvalue weighted by molar-refractivity contribution is -0.525. The second kappa shape index (κ2) is 9.05. The topological polar surface area (TPSA) is 52.4 Å². The highest BCUT2D eigenvalue weighted by Gasteiger charge is 2.32. The second-order valence-electron chi connectivity index (χ2n) is 6.62. The molecule has 2 aromatic rings. The SMILES string of the molecule is C#CCOc1ccc(C(c2ccc(C(C)C)cc2)C(CC)[N+](=O)[O-])cc1. The molecule has 0 bridgehead atoms. The molecule has 136 valence electrons. The van der Waals surface area contributed by atoms with Gasteiger partial charge in [-0.1, -0.05) is 63.1 Å². The van der Waals surface area contributed by atoms with E-state index < -0.39 is 6.04 Å². The Morgan fingerprint density at radius 2 is 1.54 bits per heavy atom. The van der Waals surface area contributed by atoms with Gasteiger partial charge in [-0.3, -0.25) is 10.1 Å². The maximum absolute atomic E-state index is 11.7. The van der Waals surface area contributed by atoms with Crippen LogP contribution in [0.1, 0.15) is 55.7 Å². The van der Waals surface area contributed by atoms with Gasteiger partial charge in [0.25, 0.3) is 0 Å². The van der Waals surface area contributed by atoms with Crippen LogP contribution >= 0.6 is 0 Å². The number of nitrogens with zero attached hydrogens (tertiary/aromatic N) is 1. The van der Waals surface area contributed by atoms with Crippen molar-refractivity contribution in [2.24, 2.45) is 0 Å². The summed E-state index contributed by atoms with van der Waals surface area (Å²) in [5.74, 6) is 3.20. The fourth-order valence-electron chi connectivity index (χ4n) is 3.13. The monoisotopic (exact) mass is 351 g/mol. The first kappa shape index (κ1) is 19.5. The molecule has 2 unspecified atom stereocenters. The van der Waals surface area contributed by atoms with Gasteiger partial charge in [0.15, 0.2) is 0 Å². The lowest BCUT2D eigenvalue weighted by Gasteiger charge is -2.22. The Morgan fingerprint density at radius 1 is 1.04 bits per heavy atom. The number of hydrogen-bond donors (Lipinski definition) is 0. The maximum Gasteiger partial charge on any atom is 0.223 e. The molecule has 4 heteroatoms. The molecule has 2 rings (SSSR count). The molecule has 0 amide bonds. The molecule has 0 aromatic heterocycles. The number of rotatable bonds is 8. The summed E-state index contributed by atoms with van der Waals surface area (Å²) in [6.07, 6.45) is 5.66. The molecule has 0 N–H and O–H groups in total. The van der Waals surface area contributed by atoms with Gasteiger partial charge in [-0.15, -0.1) is 6.42 Å². The molecule has 0 saturated heterocycles. The number of nitro groups is 1. The van der Waals surface area contributed by atoms with Crippen molar-refractivity contribution in [2.45, 2.75) is 45.1 Å². The summed E-state index contributed by atoms with van der Waals surface area (Å²) in [6.45, 7) is 6.32. The quantitative estimate of drug-likeness (QED) is 0.382. The van der Waals surface area contributed by atoms with Crippen molar-refractivity contribution in [2.75, 3.05) is 6.61 Å². The smallest absolute Gasteiger partial charge is 0.223 e. The van der Waals surface area contributed by atoms with Gasteiger partial charge in [0.2, 0.25) is 6.04 Å². The van der Waals surface area contributed by atoms with Crippen molar-refractivity contribution in [3.05, 3.63) is 75.3 Å². The third kappa shape index (κ3) is 4.64. The van der Waals surface area contributed by atoms with E-state index in [1.54, 1.807) is 0 Å². The summed E-state index contributed by atoms with van der Waals surface area (Å²) in [5.41, 5.74) is 3.08. The van der Waals surface area contributed by atoms with E-state index in [9.17, 15) is 10.1 Å². The molecule has 2 atom stereocenters. The minimum Gasteiger partial charge on any atom is -0.481 e. The maximum atomic E-state index is 11.7. The molecule has 0 heterocycles. The molecule has 0 aliphatic heterocycles. The fraction of sp³-hybridized carbons (Fsp3) is 0.364. The van der Waals surface area contributed by atoms with Gasteiger partial charge in [0.05, 0.1) is 5.92 Å². The van der Waals surface area contributed by atoms with E-state index in [0.29, 0.717) is 18.1 Å². The van der Waals surface area contributed by atoms with Gasteiger partial charge in [-0.25, -0.2) is 0 Å². The van der Waals surface area contributed by atoms with E-state index in [4.69, 9.17) is 11.2 Å². The van der Waals surface area contributed by atoms with Crippen molar-refractivity contribution in [3.8, 4) is 18.1 Å². The predicted octanol–water partition coefficient (Wildman–Crippen LogP) is 5.01. The summed E-state index contributed by atoms with van der Waals surface area (Å²) in [7, 11) is 0. The summed E-state index contributed by atoms with van der Waals surface area (Å²) in [6, 6.07) is 14.9. The van der Waals surface area contributed by atoms with Gasteiger partial charge >= 0.3 is 0 Å². The molecule has 0 aliphatic rings. The van der Waals surface area contributed by atoms with Gasteiger partial charge in [0.1, 0.15) is 12.4 Å². The third-order valence-corrected chi connectivity index (χ3v) is 4.60. The Hall–Kier alpha value is -2.80. The van der Waals surface area contributed by atoms with Crippen LogP contribution in [0.4, 0.5) is 0 Å². The molecule has 0 fully saturated rings. The van der Waals surface area contributed by atoms with Gasteiger partial charge in [-0.05, 0) is 34.7 Å². The van der Waals surface area contributed by atoms with Gasteiger partial charge in [-0.2, -0.15) is 0 Å². The summed E-state index contributed by atoms with van der Waals surface area (Å²) in [5, 5.41) is 11.7. The zero-order valence-electron chi connectivity index (χ0n) is 15.5. The predicted molar refractivity (Wildman–Crippen MR) is 104 cm³/mol. The van der Waals surface area contributed by atoms with Gasteiger partial charge in [0, 0.05) is 11.3 Å². The Labute approximate surface area is 155 Å². The number of benzene rings is 2. The Kier molecular flexibility index (Phi) is 6.80. The van der Waals surface area contributed by atoms with Crippen LogP contribution in [0.3, 0.4) is 0 Å². The average molecular weight is 351 g/mol. The first-order chi connectivity index (χ1) is 12.5. The molecular formula is C22H25NO3. The Bertz CT molecular complexity index is 757. The van der Waals surface area contributed by atoms with Crippen LogP contribution in [-0.4, -0.2) is 17.6 Å². The van der Waals surface area contributed by atoms with Crippen LogP contribution in [-0.2, 0) is 0 Å². The van der Waals surface area contributed by atoms with Gasteiger partial charge < -0.3 is 4.74 Å². The average Bonchev–Trinajstić information content (AvgIpc) is 2.64. The highest BCUT2D eigenvalue weighted by Crippen LogP contribution is 2.33. The molecular weight excluding hydrogens is 326 g/mol. The number of terminal acetylenes is 1. The highest BCUT2D eigenvalue weighted by molar-refractivity contribution is 5.38. The van der Waals surface area contributed by atoms with E-state index in [2.05, 4.69) is 31.9 Å². The molecule has 2 aromatic carbocycles. The van der Waals surface area contributed by atoms with Crippen LogP contribution in [0.25, 0.3) is 0 Å². The van der Waals surface area contributed by atoms with E-state index >= 15 is 0 Å². The largest absolute Gasteiger partial charge is 0.481 e. The van der Waals surface area contributed by atoms with Crippen molar-refractivity contribution in [1.29, 1.82) is 0 Å². The zero-order valence-corrected chi connectivity index (χ0v) is 15.5. The Balaban J connectivity index is 2.41. The molecule has 4 nitrogen and oxygen atoms in total. The fourth-order valence-corrected chi connectivity index (χ4v) is 3.13. The van der Waals surface area contributed by atoms with E-state index in [1.165, 1.54) is 5.56 Å². The number of hydrogen-bond acceptors (Lipinski definition) is 3. The summed E-state index contributed by atoms with van der Waals surface area (Å²) < 4.78 is 5.40.